The Kier molecular flexibility index (Phi) is 4.63. The summed E-state index contributed by atoms with van der Waals surface area (Å²) in [5, 5.41) is 4.62. The molecule has 0 bridgehead atoms. The van der Waals surface area contributed by atoms with Gasteiger partial charge in [0, 0.05) is 24.1 Å². The van der Waals surface area contributed by atoms with Crippen LogP contribution in [-0.4, -0.2) is 27.4 Å². The number of rotatable bonds is 6. The van der Waals surface area contributed by atoms with Crippen LogP contribution in [0.15, 0.2) is 24.3 Å². The van der Waals surface area contributed by atoms with Gasteiger partial charge in [-0.2, -0.15) is 5.10 Å². The van der Waals surface area contributed by atoms with Gasteiger partial charge in [-0.3, -0.25) is 0 Å². The molecule has 0 saturated carbocycles. The minimum absolute atomic E-state index is 0.197. The predicted molar refractivity (Wildman–Crippen MR) is 84.3 cm³/mol. The monoisotopic (exact) mass is 288 g/mol. The molecule has 5 heteroatoms. The summed E-state index contributed by atoms with van der Waals surface area (Å²) in [4.78, 5) is 4.63. The van der Waals surface area contributed by atoms with E-state index in [4.69, 9.17) is 10.5 Å². The van der Waals surface area contributed by atoms with E-state index < -0.39 is 0 Å². The molecule has 5 nitrogen and oxygen atoms in total. The van der Waals surface area contributed by atoms with Crippen LogP contribution in [0.1, 0.15) is 33.0 Å². The lowest BCUT2D eigenvalue weighted by Gasteiger charge is -2.18. The van der Waals surface area contributed by atoms with Crippen molar-refractivity contribution in [2.24, 2.45) is 5.73 Å². The third-order valence-electron chi connectivity index (χ3n) is 3.38. The van der Waals surface area contributed by atoms with Crippen LogP contribution in [-0.2, 0) is 13.0 Å². The molecule has 0 fully saturated rings. The van der Waals surface area contributed by atoms with E-state index in [0.29, 0.717) is 0 Å². The summed E-state index contributed by atoms with van der Waals surface area (Å²) in [6.07, 6.45) is 1.72. The average Bonchev–Trinajstić information content (AvgIpc) is 2.88. The van der Waals surface area contributed by atoms with Gasteiger partial charge in [0.15, 0.2) is 5.82 Å². The summed E-state index contributed by atoms with van der Waals surface area (Å²) < 4.78 is 7.14. The molecule has 0 saturated heterocycles. The van der Waals surface area contributed by atoms with Gasteiger partial charge < -0.3 is 10.5 Å². The number of nitrogens with zero attached hydrogens (tertiary/aromatic N) is 3. The van der Waals surface area contributed by atoms with Gasteiger partial charge in [-0.1, -0.05) is 6.92 Å². The zero-order chi connectivity index (χ0) is 15.5. The Labute approximate surface area is 126 Å². The number of hydrogen-bond donors (Lipinski definition) is 1. The summed E-state index contributed by atoms with van der Waals surface area (Å²) in [7, 11) is 1.66. The van der Waals surface area contributed by atoms with Gasteiger partial charge in [0.1, 0.15) is 11.6 Å². The van der Waals surface area contributed by atoms with E-state index in [1.54, 1.807) is 7.11 Å². The third kappa shape index (κ3) is 4.04. The fourth-order valence-electron chi connectivity index (χ4n) is 2.07. The van der Waals surface area contributed by atoms with E-state index in [0.717, 1.165) is 42.3 Å². The highest BCUT2D eigenvalue weighted by Crippen LogP contribution is 2.20. The van der Waals surface area contributed by atoms with Crippen LogP contribution in [0.5, 0.6) is 5.75 Å². The van der Waals surface area contributed by atoms with Crippen molar-refractivity contribution in [3.8, 4) is 17.1 Å². The van der Waals surface area contributed by atoms with Crippen molar-refractivity contribution in [3.05, 3.63) is 30.1 Å². The second kappa shape index (κ2) is 6.26. The van der Waals surface area contributed by atoms with E-state index in [1.807, 2.05) is 42.8 Å². The Morgan fingerprint density at radius 1 is 1.24 bits per heavy atom. The first-order valence-corrected chi connectivity index (χ1v) is 7.30. The van der Waals surface area contributed by atoms with Gasteiger partial charge in [0.05, 0.1) is 7.11 Å². The number of benzene rings is 1. The first-order chi connectivity index (χ1) is 9.93. The smallest absolute Gasteiger partial charge is 0.181 e. The van der Waals surface area contributed by atoms with E-state index in [9.17, 15) is 0 Å². The molecule has 2 N–H and O–H groups in total. The maximum Gasteiger partial charge on any atom is 0.181 e. The van der Waals surface area contributed by atoms with E-state index in [1.165, 1.54) is 0 Å². The molecule has 114 valence electrons. The van der Waals surface area contributed by atoms with Crippen molar-refractivity contribution in [3.63, 3.8) is 0 Å². The highest BCUT2D eigenvalue weighted by Gasteiger charge is 2.14. The number of methoxy groups -OCH3 is 1. The molecule has 1 aromatic carbocycles. The molecular weight excluding hydrogens is 264 g/mol. The summed E-state index contributed by atoms with van der Waals surface area (Å²) in [5.41, 5.74) is 6.85. The van der Waals surface area contributed by atoms with E-state index in [2.05, 4.69) is 17.0 Å². The lowest BCUT2D eigenvalue weighted by atomic mass is 10.0. The molecule has 2 aromatic rings. The average molecular weight is 288 g/mol. The Hall–Kier alpha value is -1.88. The molecule has 0 atom stereocenters. The van der Waals surface area contributed by atoms with E-state index >= 15 is 0 Å². The molecule has 0 aliphatic heterocycles. The van der Waals surface area contributed by atoms with Crippen LogP contribution in [0.3, 0.4) is 0 Å². The number of aryl methyl sites for hydroxylation is 2. The fourth-order valence-corrected chi connectivity index (χ4v) is 2.07. The predicted octanol–water partition coefficient (Wildman–Crippen LogP) is 2.64. The van der Waals surface area contributed by atoms with Crippen LogP contribution in [0.2, 0.25) is 0 Å². The Morgan fingerprint density at radius 3 is 2.43 bits per heavy atom. The van der Waals surface area contributed by atoms with Crippen molar-refractivity contribution in [1.29, 1.82) is 0 Å². The van der Waals surface area contributed by atoms with Crippen LogP contribution in [0.4, 0.5) is 0 Å². The van der Waals surface area contributed by atoms with Gasteiger partial charge in [-0.25, -0.2) is 9.67 Å². The second-order valence-corrected chi connectivity index (χ2v) is 5.90. The quantitative estimate of drug-likeness (QED) is 0.887. The summed E-state index contributed by atoms with van der Waals surface area (Å²) in [6.45, 7) is 6.93. The summed E-state index contributed by atoms with van der Waals surface area (Å²) in [5.74, 6) is 2.58. The summed E-state index contributed by atoms with van der Waals surface area (Å²) >= 11 is 0. The number of ether oxygens (including phenoxy) is 1. The molecule has 2 rings (SSSR count). The maximum absolute atomic E-state index is 6.05. The molecule has 0 amide bonds. The van der Waals surface area contributed by atoms with Crippen molar-refractivity contribution in [2.75, 3.05) is 7.11 Å². The lowest BCUT2D eigenvalue weighted by Crippen LogP contribution is -2.33. The van der Waals surface area contributed by atoms with Gasteiger partial charge in [-0.05, 0) is 44.5 Å². The Bertz CT molecular complexity index is 581. The molecule has 0 aliphatic rings. The lowest BCUT2D eigenvalue weighted by molar-refractivity contribution is 0.414. The minimum Gasteiger partial charge on any atom is -0.497 e. The Morgan fingerprint density at radius 2 is 1.90 bits per heavy atom. The molecule has 0 spiro atoms. The molecule has 1 heterocycles. The molecule has 0 aliphatic carbocycles. The zero-order valence-corrected chi connectivity index (χ0v) is 13.3. The van der Waals surface area contributed by atoms with Gasteiger partial charge >= 0.3 is 0 Å². The number of hydrogen-bond acceptors (Lipinski definition) is 4. The molecule has 1 aromatic heterocycles. The molecular formula is C16H24N4O. The van der Waals surface area contributed by atoms with E-state index in [-0.39, 0.29) is 5.54 Å². The standard InChI is InChI=1S/C16H24N4O/c1-5-14-18-15(12-6-8-13(21-4)9-7-12)19-20(14)11-10-16(2,3)17/h6-9H,5,10-11,17H2,1-4H3. The Balaban J connectivity index is 2.22. The van der Waals surface area contributed by atoms with Gasteiger partial charge in [-0.15, -0.1) is 0 Å². The SMILES string of the molecule is CCc1nc(-c2ccc(OC)cc2)nn1CCC(C)(C)N. The molecule has 0 radical (unpaired) electrons. The molecule has 0 unspecified atom stereocenters. The van der Waals surface area contributed by atoms with Gasteiger partial charge in [0.25, 0.3) is 0 Å². The van der Waals surface area contributed by atoms with Crippen LogP contribution in [0, 0.1) is 0 Å². The van der Waals surface area contributed by atoms with Gasteiger partial charge in [0.2, 0.25) is 0 Å². The van der Waals surface area contributed by atoms with Crippen LogP contribution in [0.25, 0.3) is 11.4 Å². The second-order valence-electron chi connectivity index (χ2n) is 5.90. The highest BCUT2D eigenvalue weighted by molar-refractivity contribution is 5.55. The summed E-state index contributed by atoms with van der Waals surface area (Å²) in [6, 6.07) is 7.80. The van der Waals surface area contributed by atoms with Crippen molar-refractivity contribution in [2.45, 2.75) is 45.7 Å². The van der Waals surface area contributed by atoms with Crippen LogP contribution >= 0.6 is 0 Å². The minimum atomic E-state index is -0.197. The first-order valence-electron chi connectivity index (χ1n) is 7.30. The van der Waals surface area contributed by atoms with Crippen molar-refractivity contribution in [1.82, 2.24) is 14.8 Å². The van der Waals surface area contributed by atoms with Crippen molar-refractivity contribution >= 4 is 0 Å². The number of aromatic nitrogens is 3. The number of nitrogens with two attached hydrogens (primary N) is 1. The highest BCUT2D eigenvalue weighted by atomic mass is 16.5. The largest absolute Gasteiger partial charge is 0.497 e. The maximum atomic E-state index is 6.05. The first kappa shape index (κ1) is 15.5. The normalized spacial score (nSPS) is 11.7. The topological polar surface area (TPSA) is 66.0 Å². The zero-order valence-electron chi connectivity index (χ0n) is 13.3. The van der Waals surface area contributed by atoms with Crippen molar-refractivity contribution < 1.29 is 4.74 Å². The van der Waals surface area contributed by atoms with Crippen LogP contribution < -0.4 is 10.5 Å². The molecule has 21 heavy (non-hydrogen) atoms. The third-order valence-corrected chi connectivity index (χ3v) is 3.38. The fraction of sp³-hybridized carbons (Fsp3) is 0.500.